The summed E-state index contributed by atoms with van der Waals surface area (Å²) in [5.74, 6) is 0.702. The molecule has 2 bridgehead atoms. The van der Waals surface area contributed by atoms with Gasteiger partial charge in [0.05, 0.1) is 12.7 Å². The molecule has 0 radical (unpaired) electrons. The molecule has 2 aromatic rings. The molecule has 2 aliphatic rings. The van der Waals surface area contributed by atoms with E-state index in [2.05, 4.69) is 29.1 Å². The lowest BCUT2D eigenvalue weighted by atomic mass is 9.61. The van der Waals surface area contributed by atoms with E-state index in [0.29, 0.717) is 17.2 Å². The first-order valence-electron chi connectivity index (χ1n) is 9.59. The molecule has 0 spiro atoms. The second-order valence-electron chi connectivity index (χ2n) is 7.82. The molecule has 0 amide bonds. The quantitative estimate of drug-likeness (QED) is 0.578. The number of halogens is 1. The molecule has 0 fully saturated rings. The highest BCUT2D eigenvalue weighted by atomic mass is 35.5. The second-order valence-corrected chi connectivity index (χ2v) is 8.18. The Kier molecular flexibility index (Phi) is 5.09. The number of nitrogens with one attached hydrogen (secondary N) is 1. The molecular weight excluding hydrogens is 388 g/mol. The van der Waals surface area contributed by atoms with Crippen molar-refractivity contribution >= 4 is 16.8 Å². The summed E-state index contributed by atoms with van der Waals surface area (Å²) in [6.07, 6.45) is 8.78. The largest absolute Gasteiger partial charge is 0.504 e. The van der Waals surface area contributed by atoms with E-state index in [1.54, 1.807) is 30.5 Å². The normalized spacial score (nSPS) is 23.6. The van der Waals surface area contributed by atoms with Gasteiger partial charge in [-0.15, -0.1) is 0 Å². The molecule has 2 N–H and O–H groups in total. The molecular formula is C23H23ClN2O3. The maximum Gasteiger partial charge on any atom is 0.248 e. The summed E-state index contributed by atoms with van der Waals surface area (Å²) in [6.45, 7) is 2.15. The SMILES string of the molecule is COc1cccc(C(Cl)=NC=C[C@@]23CC(C)=C[C@@H](Cc4[nH]c(=O)ccc42)C3)c1O. The van der Waals surface area contributed by atoms with Crippen LogP contribution in [0.15, 0.2) is 64.0 Å². The van der Waals surface area contributed by atoms with Crippen molar-refractivity contribution in [3.05, 3.63) is 81.4 Å². The lowest BCUT2D eigenvalue weighted by Gasteiger charge is -2.43. The molecule has 5 nitrogen and oxygen atoms in total. The third-order valence-corrected chi connectivity index (χ3v) is 6.07. The van der Waals surface area contributed by atoms with Crippen LogP contribution in [0.5, 0.6) is 11.5 Å². The number of rotatable bonds is 4. The van der Waals surface area contributed by atoms with Crippen molar-refractivity contribution in [1.82, 2.24) is 4.98 Å². The number of benzene rings is 1. The van der Waals surface area contributed by atoms with Crippen LogP contribution in [-0.2, 0) is 11.8 Å². The van der Waals surface area contributed by atoms with Gasteiger partial charge in [0.25, 0.3) is 0 Å². The van der Waals surface area contributed by atoms with Gasteiger partial charge in [-0.05, 0) is 49.8 Å². The summed E-state index contributed by atoms with van der Waals surface area (Å²) < 4.78 is 5.13. The fraction of sp³-hybridized carbons (Fsp3) is 0.304. The lowest BCUT2D eigenvalue weighted by Crippen LogP contribution is -2.37. The molecule has 0 aliphatic heterocycles. The molecule has 2 aliphatic carbocycles. The number of pyridine rings is 1. The first-order chi connectivity index (χ1) is 13.9. The molecule has 0 unspecified atom stereocenters. The van der Waals surface area contributed by atoms with Crippen molar-refractivity contribution in [3.63, 3.8) is 0 Å². The third-order valence-electron chi connectivity index (χ3n) is 5.77. The maximum absolute atomic E-state index is 11.8. The number of aliphatic imine (C=N–C) groups is 1. The number of hydrogen-bond acceptors (Lipinski definition) is 4. The van der Waals surface area contributed by atoms with Crippen LogP contribution in [-0.4, -0.2) is 22.4 Å². The van der Waals surface area contributed by atoms with Gasteiger partial charge in [-0.3, -0.25) is 4.79 Å². The molecule has 0 saturated carbocycles. The number of ether oxygens (including phenoxy) is 1. The number of aromatic nitrogens is 1. The minimum absolute atomic E-state index is 0.0348. The Morgan fingerprint density at radius 1 is 1.38 bits per heavy atom. The first-order valence-corrected chi connectivity index (χ1v) is 9.97. The van der Waals surface area contributed by atoms with E-state index in [4.69, 9.17) is 16.3 Å². The first kappa shape index (κ1) is 19.5. The Hall–Kier alpha value is -2.79. The molecule has 1 heterocycles. The highest BCUT2D eigenvalue weighted by Gasteiger charge is 2.41. The summed E-state index contributed by atoms with van der Waals surface area (Å²) >= 11 is 6.36. The number of fused-ring (bicyclic) bond motifs is 4. The van der Waals surface area contributed by atoms with Crippen molar-refractivity contribution in [1.29, 1.82) is 0 Å². The predicted octanol–water partition coefficient (Wildman–Crippen LogP) is 4.44. The zero-order valence-electron chi connectivity index (χ0n) is 16.4. The highest BCUT2D eigenvalue weighted by molar-refractivity contribution is 6.70. The summed E-state index contributed by atoms with van der Waals surface area (Å²) in [5, 5.41) is 10.5. The van der Waals surface area contributed by atoms with Crippen molar-refractivity contribution in [2.75, 3.05) is 7.11 Å². The minimum atomic E-state index is -0.224. The summed E-state index contributed by atoms with van der Waals surface area (Å²) in [5.41, 5.74) is 3.61. The zero-order valence-corrected chi connectivity index (χ0v) is 17.2. The minimum Gasteiger partial charge on any atom is -0.504 e. The number of para-hydroxylation sites is 1. The Labute approximate surface area is 174 Å². The van der Waals surface area contributed by atoms with Gasteiger partial charge in [-0.2, -0.15) is 0 Å². The average molecular weight is 411 g/mol. The van der Waals surface area contributed by atoms with Gasteiger partial charge in [0.2, 0.25) is 5.56 Å². The van der Waals surface area contributed by atoms with Gasteiger partial charge in [0.1, 0.15) is 5.17 Å². The molecule has 4 rings (SSSR count). The van der Waals surface area contributed by atoms with E-state index in [9.17, 15) is 9.90 Å². The van der Waals surface area contributed by atoms with Crippen LogP contribution in [0.3, 0.4) is 0 Å². The Morgan fingerprint density at radius 3 is 3.00 bits per heavy atom. The van der Waals surface area contributed by atoms with Gasteiger partial charge in [0.15, 0.2) is 11.5 Å². The van der Waals surface area contributed by atoms with Crippen LogP contribution in [0.1, 0.15) is 36.6 Å². The molecule has 150 valence electrons. The van der Waals surface area contributed by atoms with E-state index < -0.39 is 0 Å². The number of phenols is 1. The van der Waals surface area contributed by atoms with Gasteiger partial charge in [-0.25, -0.2) is 4.99 Å². The number of aromatic amines is 1. The van der Waals surface area contributed by atoms with E-state index in [0.717, 1.165) is 30.5 Å². The number of nitrogens with zero attached hydrogens (tertiary/aromatic N) is 1. The molecule has 0 saturated heterocycles. The van der Waals surface area contributed by atoms with Crippen molar-refractivity contribution < 1.29 is 9.84 Å². The van der Waals surface area contributed by atoms with E-state index >= 15 is 0 Å². The molecule has 6 heteroatoms. The number of allylic oxidation sites excluding steroid dienone is 3. The Bertz CT molecular complexity index is 1100. The molecule has 2 atom stereocenters. The van der Waals surface area contributed by atoms with Gasteiger partial charge in [-0.1, -0.05) is 41.5 Å². The standard InChI is InChI=1S/C23H23ClN2O3/c1-14-10-15-11-18-17(6-7-20(27)26-18)23(12-14,13-15)8-9-25-22(24)16-4-3-5-19(29-2)21(16)28/h3-10,15,28H,11-13H2,1-2H3,(H,26,27)/t15-,23-/m0/s1. The van der Waals surface area contributed by atoms with Crippen LogP contribution in [0.4, 0.5) is 0 Å². The van der Waals surface area contributed by atoms with Crippen molar-refractivity contribution in [3.8, 4) is 11.5 Å². The maximum atomic E-state index is 11.8. The van der Waals surface area contributed by atoms with Crippen molar-refractivity contribution in [2.45, 2.75) is 31.6 Å². The van der Waals surface area contributed by atoms with E-state index in [1.807, 2.05) is 6.07 Å². The van der Waals surface area contributed by atoms with E-state index in [1.165, 1.54) is 12.7 Å². The smallest absolute Gasteiger partial charge is 0.248 e. The fourth-order valence-electron chi connectivity index (χ4n) is 4.69. The number of methoxy groups -OCH3 is 1. The van der Waals surface area contributed by atoms with Gasteiger partial charge < -0.3 is 14.8 Å². The van der Waals surface area contributed by atoms with Crippen molar-refractivity contribution in [2.24, 2.45) is 10.9 Å². The van der Waals surface area contributed by atoms with Crippen LogP contribution in [0.2, 0.25) is 0 Å². The van der Waals surface area contributed by atoms with Crippen LogP contribution < -0.4 is 10.3 Å². The van der Waals surface area contributed by atoms with E-state index in [-0.39, 0.29) is 21.9 Å². The zero-order chi connectivity index (χ0) is 20.6. The fourth-order valence-corrected chi connectivity index (χ4v) is 4.90. The number of aromatic hydroxyl groups is 1. The topological polar surface area (TPSA) is 74.7 Å². The van der Waals surface area contributed by atoms with Gasteiger partial charge in [0, 0.05) is 23.4 Å². The van der Waals surface area contributed by atoms with Crippen LogP contribution >= 0.6 is 11.6 Å². The third kappa shape index (κ3) is 3.62. The molecule has 29 heavy (non-hydrogen) atoms. The average Bonchev–Trinajstić information content (AvgIpc) is 2.67. The molecule has 1 aromatic heterocycles. The summed E-state index contributed by atoms with van der Waals surface area (Å²) in [4.78, 5) is 19.2. The second kappa shape index (κ2) is 7.56. The predicted molar refractivity (Wildman–Crippen MR) is 115 cm³/mol. The highest BCUT2D eigenvalue weighted by Crippen LogP contribution is 2.48. The molecule has 1 aromatic carbocycles. The van der Waals surface area contributed by atoms with Crippen LogP contribution in [0, 0.1) is 5.92 Å². The summed E-state index contributed by atoms with van der Waals surface area (Å²) in [7, 11) is 1.49. The number of hydrogen-bond donors (Lipinski definition) is 2. The monoisotopic (exact) mass is 410 g/mol. The van der Waals surface area contributed by atoms with Crippen LogP contribution in [0.25, 0.3) is 0 Å². The Morgan fingerprint density at radius 2 is 2.21 bits per heavy atom. The summed E-state index contributed by atoms with van der Waals surface area (Å²) in [6, 6.07) is 8.63. The van der Waals surface area contributed by atoms with Gasteiger partial charge >= 0.3 is 0 Å². The number of phenolic OH excluding ortho intramolecular Hbond substituents is 1. The number of H-pyrrole nitrogens is 1. The Balaban J connectivity index is 1.71. The lowest BCUT2D eigenvalue weighted by molar-refractivity contribution is 0.350.